The van der Waals surface area contributed by atoms with Crippen molar-refractivity contribution in [3.63, 3.8) is 0 Å². The van der Waals surface area contributed by atoms with Gasteiger partial charge >= 0.3 is 5.69 Å². The number of rotatable bonds is 7. The van der Waals surface area contributed by atoms with Crippen LogP contribution in [0.2, 0.25) is 5.02 Å². The van der Waals surface area contributed by atoms with Gasteiger partial charge in [-0.15, -0.1) is 0 Å². The van der Waals surface area contributed by atoms with E-state index in [0.717, 1.165) is 42.2 Å². The molecule has 2 heterocycles. The molecule has 1 aliphatic rings. The van der Waals surface area contributed by atoms with Crippen molar-refractivity contribution in [3.05, 3.63) is 73.6 Å². The van der Waals surface area contributed by atoms with E-state index in [9.17, 15) is 14.4 Å². The molecule has 4 rings (SSSR count). The highest BCUT2D eigenvalue weighted by atomic mass is 35.5. The Morgan fingerprint density at radius 3 is 2.66 bits per heavy atom. The van der Waals surface area contributed by atoms with Crippen LogP contribution in [0.3, 0.4) is 0 Å². The van der Waals surface area contributed by atoms with Gasteiger partial charge in [0.05, 0.1) is 22.3 Å². The van der Waals surface area contributed by atoms with Crippen molar-refractivity contribution >= 4 is 28.3 Å². The van der Waals surface area contributed by atoms with Gasteiger partial charge in [-0.25, -0.2) is 9.36 Å². The predicted molar refractivity (Wildman–Crippen MR) is 126 cm³/mol. The van der Waals surface area contributed by atoms with E-state index in [1.165, 1.54) is 12.6 Å². The number of nitrogens with one attached hydrogen (secondary N) is 1. The molecule has 1 N–H and O–H groups in total. The number of aromatic amines is 1. The fourth-order valence-electron chi connectivity index (χ4n) is 4.70. The minimum atomic E-state index is -0.818. The summed E-state index contributed by atoms with van der Waals surface area (Å²) in [6.45, 7) is 2.01. The lowest BCUT2D eigenvalue weighted by Crippen LogP contribution is -2.42. The molecule has 2 aromatic heterocycles. The highest BCUT2D eigenvalue weighted by molar-refractivity contribution is 6.30. The molecule has 0 aliphatic heterocycles. The van der Waals surface area contributed by atoms with Gasteiger partial charge in [-0.2, -0.15) is 0 Å². The van der Waals surface area contributed by atoms with Crippen molar-refractivity contribution in [2.24, 2.45) is 5.92 Å². The molecule has 168 valence electrons. The quantitative estimate of drug-likeness (QED) is 0.565. The first-order valence-corrected chi connectivity index (χ1v) is 11.7. The van der Waals surface area contributed by atoms with Crippen LogP contribution in [-0.4, -0.2) is 20.3 Å². The van der Waals surface area contributed by atoms with Gasteiger partial charge in [-0.05, 0) is 48.6 Å². The van der Waals surface area contributed by atoms with E-state index in [0.29, 0.717) is 34.0 Å². The zero-order valence-electron chi connectivity index (χ0n) is 18.3. The number of carbonyl (C=O) groups is 1. The maximum atomic E-state index is 13.5. The number of aromatic nitrogens is 3. The van der Waals surface area contributed by atoms with Gasteiger partial charge in [-0.3, -0.25) is 14.6 Å². The van der Waals surface area contributed by atoms with Gasteiger partial charge in [0.25, 0.3) is 5.56 Å². The molecule has 1 aliphatic carbocycles. The van der Waals surface area contributed by atoms with Crippen LogP contribution in [0.15, 0.2) is 46.1 Å². The van der Waals surface area contributed by atoms with Gasteiger partial charge in [0.15, 0.2) is 5.78 Å². The van der Waals surface area contributed by atoms with Crippen LogP contribution in [0.1, 0.15) is 62.7 Å². The number of hydrogen-bond acceptors (Lipinski definition) is 4. The molecule has 0 radical (unpaired) electrons. The number of ketones is 1. The monoisotopic (exact) mass is 453 g/mol. The lowest BCUT2D eigenvalue weighted by Gasteiger charge is -2.26. The molecule has 6 nitrogen and oxygen atoms in total. The molecule has 0 saturated heterocycles. The number of halogens is 1. The van der Waals surface area contributed by atoms with E-state index in [4.69, 9.17) is 11.6 Å². The van der Waals surface area contributed by atoms with Gasteiger partial charge < -0.3 is 4.98 Å². The van der Waals surface area contributed by atoms with Crippen LogP contribution >= 0.6 is 11.6 Å². The van der Waals surface area contributed by atoms with Crippen molar-refractivity contribution < 1.29 is 4.79 Å². The van der Waals surface area contributed by atoms with Crippen LogP contribution in [-0.2, 0) is 17.6 Å². The van der Waals surface area contributed by atoms with E-state index in [1.54, 1.807) is 18.2 Å². The summed E-state index contributed by atoms with van der Waals surface area (Å²) in [4.78, 5) is 47.0. The Morgan fingerprint density at radius 2 is 1.97 bits per heavy atom. The third-order valence-electron chi connectivity index (χ3n) is 6.51. The molecule has 3 aromatic rings. The standard InChI is InChI=1S/C25H28ClN3O3/c1-2-16-8-11-21-20(12-16)24(31)29(25(32)28-21)22(13-17-6-4-3-5-7-17)23(30)14-19-10-9-18(26)15-27-19/h8-12,15,17,22H,2-7,13-14H2,1H3,(H,28,32). The zero-order chi connectivity index (χ0) is 22.7. The summed E-state index contributed by atoms with van der Waals surface area (Å²) in [7, 11) is 0. The van der Waals surface area contributed by atoms with Crippen molar-refractivity contribution in [2.75, 3.05) is 0 Å². The predicted octanol–water partition coefficient (Wildman–Crippen LogP) is 4.62. The number of pyridine rings is 1. The molecule has 1 unspecified atom stereocenters. The number of H-pyrrole nitrogens is 1. The number of Topliss-reactive ketones (excluding diaryl/α,β-unsaturated/α-hetero) is 1. The summed E-state index contributed by atoms with van der Waals surface area (Å²) in [5.41, 5.74) is 1.14. The van der Waals surface area contributed by atoms with Crippen molar-refractivity contribution in [3.8, 4) is 0 Å². The van der Waals surface area contributed by atoms with Crippen molar-refractivity contribution in [1.29, 1.82) is 0 Å². The molecule has 0 spiro atoms. The Kier molecular flexibility index (Phi) is 6.89. The Hall–Kier alpha value is -2.73. The second kappa shape index (κ2) is 9.82. The summed E-state index contributed by atoms with van der Waals surface area (Å²) in [6, 6.07) is 8.05. The van der Waals surface area contributed by atoms with Crippen molar-refractivity contribution in [2.45, 2.75) is 64.3 Å². The largest absolute Gasteiger partial charge is 0.329 e. The minimum Gasteiger partial charge on any atom is -0.307 e. The highest BCUT2D eigenvalue weighted by Crippen LogP contribution is 2.31. The van der Waals surface area contributed by atoms with Gasteiger partial charge in [-0.1, -0.05) is 56.7 Å². The molecular formula is C25H28ClN3O3. The van der Waals surface area contributed by atoms with Gasteiger partial charge in [0.2, 0.25) is 0 Å². The fourth-order valence-corrected chi connectivity index (χ4v) is 4.82. The first-order chi connectivity index (χ1) is 15.5. The number of benzene rings is 1. The lowest BCUT2D eigenvalue weighted by molar-refractivity contribution is -0.122. The van der Waals surface area contributed by atoms with Gasteiger partial charge in [0.1, 0.15) is 6.04 Å². The third kappa shape index (κ3) is 4.85. The zero-order valence-corrected chi connectivity index (χ0v) is 19.0. The number of carbonyl (C=O) groups excluding carboxylic acids is 1. The number of hydrogen-bond donors (Lipinski definition) is 1. The summed E-state index contributed by atoms with van der Waals surface area (Å²) in [5.74, 6) is 0.142. The average Bonchev–Trinajstić information content (AvgIpc) is 2.80. The molecule has 7 heteroatoms. The summed E-state index contributed by atoms with van der Waals surface area (Å²) < 4.78 is 1.15. The lowest BCUT2D eigenvalue weighted by atomic mass is 9.83. The van der Waals surface area contributed by atoms with Gasteiger partial charge in [0, 0.05) is 11.9 Å². The Labute approximate surface area is 191 Å². The second-order valence-corrected chi connectivity index (χ2v) is 9.14. The normalized spacial score (nSPS) is 15.7. The van der Waals surface area contributed by atoms with Crippen LogP contribution in [0.5, 0.6) is 0 Å². The van der Waals surface area contributed by atoms with E-state index in [1.807, 2.05) is 19.1 Å². The number of nitrogens with zero attached hydrogens (tertiary/aromatic N) is 2. The van der Waals surface area contributed by atoms with E-state index < -0.39 is 17.3 Å². The fraction of sp³-hybridized carbons (Fsp3) is 0.440. The highest BCUT2D eigenvalue weighted by Gasteiger charge is 2.29. The van der Waals surface area contributed by atoms with Crippen LogP contribution in [0, 0.1) is 5.92 Å². The Bertz CT molecular complexity index is 1220. The maximum Gasteiger partial charge on any atom is 0.329 e. The topological polar surface area (TPSA) is 84.8 Å². The first kappa shape index (κ1) is 22.5. The third-order valence-corrected chi connectivity index (χ3v) is 6.73. The SMILES string of the molecule is CCc1ccc2[nH]c(=O)n(C(CC3CCCCC3)C(=O)Cc3ccc(Cl)cn3)c(=O)c2c1. The summed E-state index contributed by atoms with van der Waals surface area (Å²) in [6.07, 6.45) is 8.29. The van der Waals surface area contributed by atoms with Crippen LogP contribution in [0.4, 0.5) is 0 Å². The smallest absolute Gasteiger partial charge is 0.307 e. The van der Waals surface area contributed by atoms with E-state index in [-0.39, 0.29) is 12.2 Å². The molecule has 0 bridgehead atoms. The average molecular weight is 454 g/mol. The first-order valence-electron chi connectivity index (χ1n) is 11.4. The maximum absolute atomic E-state index is 13.5. The van der Waals surface area contributed by atoms with Crippen molar-refractivity contribution in [1.82, 2.24) is 14.5 Å². The Balaban J connectivity index is 1.76. The minimum absolute atomic E-state index is 0.0491. The van der Waals surface area contributed by atoms with Crippen LogP contribution < -0.4 is 11.2 Å². The van der Waals surface area contributed by atoms with E-state index in [2.05, 4.69) is 9.97 Å². The van der Waals surface area contributed by atoms with E-state index >= 15 is 0 Å². The number of aryl methyl sites for hydroxylation is 1. The Morgan fingerprint density at radius 1 is 1.19 bits per heavy atom. The molecular weight excluding hydrogens is 426 g/mol. The molecule has 1 atom stereocenters. The molecule has 0 amide bonds. The molecule has 1 saturated carbocycles. The summed E-state index contributed by atoms with van der Waals surface area (Å²) >= 11 is 5.92. The summed E-state index contributed by atoms with van der Waals surface area (Å²) in [5, 5.41) is 0.934. The number of fused-ring (bicyclic) bond motifs is 1. The molecule has 1 aromatic carbocycles. The second-order valence-electron chi connectivity index (χ2n) is 8.71. The van der Waals surface area contributed by atoms with Crippen LogP contribution in [0.25, 0.3) is 10.9 Å². The molecule has 32 heavy (non-hydrogen) atoms. The molecule has 1 fully saturated rings.